The van der Waals surface area contributed by atoms with Gasteiger partial charge in [-0.2, -0.15) is 0 Å². The molecular weight excluding hydrogens is 118 g/mol. The molecule has 0 fully saturated rings. The van der Waals surface area contributed by atoms with Gasteiger partial charge in [0.05, 0.1) is 0 Å². The molecule has 0 aromatic heterocycles. The summed E-state index contributed by atoms with van der Waals surface area (Å²) in [6, 6.07) is 0. The maximum atomic E-state index is 0. The van der Waals surface area contributed by atoms with Gasteiger partial charge in [-0.25, -0.2) is 0 Å². The summed E-state index contributed by atoms with van der Waals surface area (Å²) in [5, 5.41) is 0. The van der Waals surface area contributed by atoms with E-state index >= 15 is 0 Å². The second-order valence-corrected chi connectivity index (χ2v) is 0. The Hall–Kier alpha value is 1.15. The summed E-state index contributed by atoms with van der Waals surface area (Å²) in [5.41, 5.74) is 0. The summed E-state index contributed by atoms with van der Waals surface area (Å²) in [7, 11) is 0. The van der Waals surface area contributed by atoms with Gasteiger partial charge < -0.3 is 2.85 Å². The molecule has 28 valence electrons. The van der Waals surface area contributed by atoms with E-state index in [2.05, 4.69) is 0 Å². The minimum absolute atomic E-state index is 0. The van der Waals surface area contributed by atoms with Gasteiger partial charge in [-0.1, -0.05) is 0 Å². The van der Waals surface area contributed by atoms with Crippen molar-refractivity contribution in [2.24, 2.45) is 0 Å². The van der Waals surface area contributed by atoms with Crippen LogP contribution in [0.15, 0.2) is 0 Å². The van der Waals surface area contributed by atoms with Crippen LogP contribution in [-0.4, -0.2) is 23.1 Å². The molecule has 0 heterocycles. The minimum Gasteiger partial charge on any atom is -1.00 e. The van der Waals surface area contributed by atoms with Gasteiger partial charge in [0.2, 0.25) is 0 Å². The van der Waals surface area contributed by atoms with Crippen LogP contribution in [0.4, 0.5) is 9.41 Å². The Labute approximate surface area is 52.7 Å². The van der Waals surface area contributed by atoms with Crippen LogP contribution in [0.5, 0.6) is 0 Å². The van der Waals surface area contributed by atoms with Crippen molar-refractivity contribution < 1.29 is 29.3 Å². The van der Waals surface area contributed by atoms with Crippen LogP contribution >= 0.6 is 0 Å². The van der Waals surface area contributed by atoms with Gasteiger partial charge in [0.25, 0.3) is 0 Å². The molecule has 0 aromatic carbocycles. The Kier molecular flexibility index (Phi) is 526. The third-order valence-electron chi connectivity index (χ3n) is 0. The average Bonchev–Trinajstić information content (AvgIpc) is 0. The first-order chi connectivity index (χ1) is 0. The molecule has 4 heavy (non-hydrogen) atoms. The fourth-order valence-electron chi connectivity index (χ4n) is 0. The van der Waals surface area contributed by atoms with E-state index in [0.29, 0.717) is 0 Å². The van der Waals surface area contributed by atoms with Gasteiger partial charge in [-0.3, -0.25) is 9.41 Å². The Morgan fingerprint density at radius 3 is 1.00 bits per heavy atom. The maximum absolute atomic E-state index is 0. The van der Waals surface area contributed by atoms with Gasteiger partial charge >= 0.3 is 23.1 Å². The van der Waals surface area contributed by atoms with E-state index in [1.54, 1.807) is 0 Å². The quantitative estimate of drug-likeness (QED) is 0.401. The molecule has 0 aliphatic heterocycles. The van der Waals surface area contributed by atoms with E-state index in [-0.39, 0.29) is 52.4 Å². The Morgan fingerprint density at radius 1 is 1.00 bits per heavy atom. The topological polar surface area (TPSA) is 0 Å². The normalized spacial score (nSPS) is 0. The van der Waals surface area contributed by atoms with Gasteiger partial charge in [0.1, 0.15) is 0 Å². The van der Waals surface area contributed by atoms with Crippen molar-refractivity contribution in [1.29, 1.82) is 0 Å². The van der Waals surface area contributed by atoms with Crippen molar-refractivity contribution in [2.45, 2.75) is 0 Å². The first-order valence-electron chi connectivity index (χ1n) is 0. The molecule has 0 spiro atoms. The number of halogens is 2. The van der Waals surface area contributed by atoms with Crippen molar-refractivity contribution >= 4 is 23.1 Å². The number of hydrogen-bond donors (Lipinski definition) is 0. The van der Waals surface area contributed by atoms with Gasteiger partial charge in [-0.15, -0.1) is 0 Å². The molecule has 0 aliphatic rings. The SMILES string of the molecule is F.F.[Fe].[H-].[H-].[Mg+2]. The standard InChI is InChI=1S/2FH.Fe.Mg.2H/h2*1H;;;;/q;;;+2;2*-1. The summed E-state index contributed by atoms with van der Waals surface area (Å²) in [6.45, 7) is 0. The van der Waals surface area contributed by atoms with E-state index in [0.717, 1.165) is 0 Å². The zero-order valence-electron chi connectivity index (χ0n) is 3.88. The van der Waals surface area contributed by atoms with Crippen molar-refractivity contribution in [3.63, 3.8) is 0 Å². The molecule has 0 amide bonds. The number of rotatable bonds is 0. The summed E-state index contributed by atoms with van der Waals surface area (Å²) in [5.74, 6) is 0. The third-order valence-corrected chi connectivity index (χ3v) is 0. The molecule has 0 N–H and O–H groups in total. The zero-order valence-corrected chi connectivity index (χ0v) is 4.40. The van der Waals surface area contributed by atoms with E-state index in [9.17, 15) is 0 Å². The van der Waals surface area contributed by atoms with Gasteiger partial charge in [0, 0.05) is 17.1 Å². The van der Waals surface area contributed by atoms with Crippen LogP contribution in [0.25, 0.3) is 0 Å². The maximum Gasteiger partial charge on any atom is 2.00 e. The van der Waals surface area contributed by atoms with E-state index < -0.39 is 0 Å². The third kappa shape index (κ3) is 11.0. The monoisotopic (exact) mass is 122 g/mol. The van der Waals surface area contributed by atoms with Crippen LogP contribution in [0.3, 0.4) is 0 Å². The molecule has 0 rings (SSSR count). The molecule has 0 radical (unpaired) electrons. The average molecular weight is 122 g/mol. The predicted molar refractivity (Wildman–Crippen MR) is 13.0 cm³/mol. The van der Waals surface area contributed by atoms with Crippen LogP contribution in [0.1, 0.15) is 2.85 Å². The summed E-state index contributed by atoms with van der Waals surface area (Å²) in [6.07, 6.45) is 0. The Balaban J connectivity index is 0. The molecule has 0 aliphatic carbocycles. The van der Waals surface area contributed by atoms with E-state index in [1.165, 1.54) is 0 Å². The summed E-state index contributed by atoms with van der Waals surface area (Å²) < 4.78 is 0. The zero-order chi connectivity index (χ0) is 0. The summed E-state index contributed by atoms with van der Waals surface area (Å²) >= 11 is 0. The van der Waals surface area contributed by atoms with Crippen molar-refractivity contribution in [3.8, 4) is 0 Å². The van der Waals surface area contributed by atoms with Crippen molar-refractivity contribution in [1.82, 2.24) is 0 Å². The van der Waals surface area contributed by atoms with Gasteiger partial charge in [0.15, 0.2) is 0 Å². The summed E-state index contributed by atoms with van der Waals surface area (Å²) in [4.78, 5) is 0. The molecule has 0 saturated carbocycles. The second kappa shape index (κ2) is 31.3. The second-order valence-electron chi connectivity index (χ2n) is 0. The first kappa shape index (κ1) is 67.4. The Morgan fingerprint density at radius 2 is 1.00 bits per heavy atom. The molecule has 0 unspecified atom stereocenters. The minimum atomic E-state index is 0. The smallest absolute Gasteiger partial charge is 1.00 e. The fraction of sp³-hybridized carbons (Fsp3) is 0. The van der Waals surface area contributed by atoms with E-state index in [4.69, 9.17) is 0 Å². The molecule has 0 nitrogen and oxygen atoms in total. The molecular formula is H4F2FeMg. The first-order valence-corrected chi connectivity index (χ1v) is 0. The molecule has 0 aromatic rings. The van der Waals surface area contributed by atoms with Crippen LogP contribution in [0, 0.1) is 0 Å². The largest absolute Gasteiger partial charge is 2.00 e. The molecule has 0 saturated heterocycles. The van der Waals surface area contributed by atoms with Crippen molar-refractivity contribution in [2.75, 3.05) is 0 Å². The molecule has 4 heteroatoms. The molecule has 0 atom stereocenters. The van der Waals surface area contributed by atoms with E-state index in [1.807, 2.05) is 0 Å². The van der Waals surface area contributed by atoms with Crippen molar-refractivity contribution in [3.05, 3.63) is 0 Å². The fourth-order valence-corrected chi connectivity index (χ4v) is 0. The predicted octanol–water partition coefficient (Wildman–Crippen LogP) is 0.147. The van der Waals surface area contributed by atoms with Gasteiger partial charge in [-0.05, 0) is 0 Å². The van der Waals surface area contributed by atoms with Crippen LogP contribution in [-0.2, 0) is 17.1 Å². The number of hydrogen-bond acceptors (Lipinski definition) is 0. The molecule has 0 bridgehead atoms. The van der Waals surface area contributed by atoms with Crippen LogP contribution in [0.2, 0.25) is 0 Å². The Bertz CT molecular complexity index is 11.5. The van der Waals surface area contributed by atoms with Crippen LogP contribution < -0.4 is 0 Å².